The van der Waals surface area contributed by atoms with Gasteiger partial charge in [0.15, 0.2) is 0 Å². The van der Waals surface area contributed by atoms with E-state index in [1.165, 1.54) is 11.3 Å². The maximum absolute atomic E-state index is 12.3. The first kappa shape index (κ1) is 17.2. The van der Waals surface area contributed by atoms with Gasteiger partial charge in [0, 0.05) is 16.8 Å². The summed E-state index contributed by atoms with van der Waals surface area (Å²) in [6, 6.07) is 19.5. The largest absolute Gasteiger partial charge is 0.497 e. The topological polar surface area (TPSA) is 48.4 Å². The average Bonchev–Trinajstić information content (AvgIpc) is 3.12. The Morgan fingerprint density at radius 3 is 2.74 bits per heavy atom. The number of ether oxygens (including phenoxy) is 2. The van der Waals surface area contributed by atoms with Crippen LogP contribution in [0, 0.1) is 0 Å². The second-order valence-corrected chi connectivity index (χ2v) is 6.99. The molecule has 0 spiro atoms. The van der Waals surface area contributed by atoms with Crippen molar-refractivity contribution < 1.29 is 14.3 Å². The van der Waals surface area contributed by atoms with Crippen molar-refractivity contribution in [1.82, 2.24) is 4.98 Å². The fraction of sp³-hybridized carbons (Fsp3) is 0.0909. The van der Waals surface area contributed by atoms with Crippen LogP contribution in [0.2, 0.25) is 0 Å². The molecule has 5 heteroatoms. The minimum Gasteiger partial charge on any atom is -0.497 e. The Balaban J connectivity index is 1.50. The molecule has 4 aromatic rings. The number of nitrogens with zero attached hydrogens (tertiary/aromatic N) is 1. The number of pyridine rings is 1. The lowest BCUT2D eigenvalue weighted by Gasteiger charge is -2.01. The molecule has 0 aliphatic rings. The number of carbonyl (C=O) groups excluding carboxylic acids is 1. The number of hydrogen-bond acceptors (Lipinski definition) is 5. The smallest absolute Gasteiger partial charge is 0.348 e. The van der Waals surface area contributed by atoms with Crippen molar-refractivity contribution in [3.05, 3.63) is 77.2 Å². The molecule has 0 unspecified atom stereocenters. The fourth-order valence-corrected chi connectivity index (χ4v) is 3.69. The minimum absolute atomic E-state index is 0.231. The van der Waals surface area contributed by atoms with Crippen molar-refractivity contribution in [2.75, 3.05) is 13.7 Å². The molecule has 0 fully saturated rings. The van der Waals surface area contributed by atoms with Crippen molar-refractivity contribution in [3.8, 4) is 5.75 Å². The van der Waals surface area contributed by atoms with Gasteiger partial charge in [0.1, 0.15) is 22.1 Å². The molecule has 2 aromatic heterocycles. The Morgan fingerprint density at radius 1 is 1.07 bits per heavy atom. The highest BCUT2D eigenvalue weighted by atomic mass is 32.1. The summed E-state index contributed by atoms with van der Waals surface area (Å²) >= 11 is 1.34. The van der Waals surface area contributed by atoms with Gasteiger partial charge in [-0.15, -0.1) is 11.3 Å². The van der Waals surface area contributed by atoms with Crippen LogP contribution in [0.4, 0.5) is 0 Å². The van der Waals surface area contributed by atoms with Crippen LogP contribution in [0.25, 0.3) is 27.2 Å². The molecule has 134 valence electrons. The summed E-state index contributed by atoms with van der Waals surface area (Å²) in [5.74, 6) is 0.424. The Hall–Kier alpha value is -3.18. The Bertz CT molecular complexity index is 1130. The van der Waals surface area contributed by atoms with Crippen molar-refractivity contribution in [2.24, 2.45) is 0 Å². The zero-order chi connectivity index (χ0) is 18.6. The summed E-state index contributed by atoms with van der Waals surface area (Å²) < 4.78 is 10.6. The number of hydrogen-bond donors (Lipinski definition) is 0. The van der Waals surface area contributed by atoms with Crippen LogP contribution in [0.15, 0.2) is 66.7 Å². The highest BCUT2D eigenvalue weighted by Crippen LogP contribution is 2.29. The van der Waals surface area contributed by atoms with Crippen molar-refractivity contribution in [2.45, 2.75) is 0 Å². The lowest BCUT2D eigenvalue weighted by atomic mass is 10.2. The van der Waals surface area contributed by atoms with Gasteiger partial charge in [-0.05, 0) is 35.9 Å². The predicted octanol–water partition coefficient (Wildman–Crippen LogP) is 5.33. The highest BCUT2D eigenvalue weighted by Gasteiger charge is 2.13. The number of carbonyl (C=O) groups is 1. The molecule has 2 heterocycles. The predicted molar refractivity (Wildman–Crippen MR) is 109 cm³/mol. The molecular weight excluding hydrogens is 358 g/mol. The van der Waals surface area contributed by atoms with E-state index in [0.29, 0.717) is 4.88 Å². The Kier molecular flexibility index (Phi) is 4.85. The summed E-state index contributed by atoms with van der Waals surface area (Å²) in [5, 5.41) is 1.94. The molecule has 0 atom stereocenters. The molecule has 0 saturated carbocycles. The summed E-state index contributed by atoms with van der Waals surface area (Å²) in [4.78, 5) is 18.3. The third-order valence-electron chi connectivity index (χ3n) is 4.13. The lowest BCUT2D eigenvalue weighted by molar-refractivity contribution is 0.0556. The zero-order valence-corrected chi connectivity index (χ0v) is 15.5. The van der Waals surface area contributed by atoms with Crippen molar-refractivity contribution in [3.63, 3.8) is 0 Å². The molecule has 0 radical (unpaired) electrons. The normalized spacial score (nSPS) is 11.3. The van der Waals surface area contributed by atoms with Gasteiger partial charge in [0.05, 0.1) is 12.6 Å². The van der Waals surface area contributed by atoms with Crippen LogP contribution >= 0.6 is 11.3 Å². The van der Waals surface area contributed by atoms with E-state index < -0.39 is 0 Å². The monoisotopic (exact) mass is 375 g/mol. The van der Waals surface area contributed by atoms with Crippen LogP contribution in [0.5, 0.6) is 5.75 Å². The second-order valence-electron chi connectivity index (χ2n) is 5.96. The van der Waals surface area contributed by atoms with Gasteiger partial charge in [-0.1, -0.05) is 36.4 Å². The number of thiophene rings is 1. The summed E-state index contributed by atoms with van der Waals surface area (Å²) in [5.41, 5.74) is 1.91. The first-order chi connectivity index (χ1) is 13.2. The molecule has 0 aliphatic carbocycles. The first-order valence-corrected chi connectivity index (χ1v) is 9.31. The summed E-state index contributed by atoms with van der Waals surface area (Å²) in [6.45, 7) is 0.231. The van der Waals surface area contributed by atoms with Gasteiger partial charge < -0.3 is 9.47 Å². The molecule has 0 saturated heterocycles. The number of benzene rings is 2. The Morgan fingerprint density at radius 2 is 1.93 bits per heavy atom. The van der Waals surface area contributed by atoms with Crippen LogP contribution in [0.3, 0.4) is 0 Å². The lowest BCUT2D eigenvalue weighted by Crippen LogP contribution is -2.02. The van der Waals surface area contributed by atoms with Gasteiger partial charge >= 0.3 is 5.97 Å². The van der Waals surface area contributed by atoms with E-state index >= 15 is 0 Å². The standard InChI is InChI=1S/C22H17NO3S/c1-25-18-10-9-16-12-17-13-20(27-21(17)23-19(16)14-18)22(24)26-11-5-8-15-6-3-2-4-7-15/h2-10,12-14H,11H2,1H3. The molecule has 0 N–H and O–H groups in total. The second kappa shape index (κ2) is 7.60. The summed E-state index contributed by atoms with van der Waals surface area (Å²) in [7, 11) is 1.63. The van der Waals surface area contributed by atoms with E-state index in [9.17, 15) is 4.79 Å². The highest BCUT2D eigenvalue weighted by molar-refractivity contribution is 7.20. The van der Waals surface area contributed by atoms with Crippen molar-refractivity contribution in [1.29, 1.82) is 0 Å². The fourth-order valence-electron chi connectivity index (χ4n) is 2.78. The average molecular weight is 375 g/mol. The number of esters is 1. The zero-order valence-electron chi connectivity index (χ0n) is 14.7. The van der Waals surface area contributed by atoms with Crippen LogP contribution < -0.4 is 4.74 Å². The van der Waals surface area contributed by atoms with E-state index in [1.807, 2.05) is 72.8 Å². The van der Waals surface area contributed by atoms with E-state index in [2.05, 4.69) is 4.98 Å². The molecule has 0 aliphatic heterocycles. The summed E-state index contributed by atoms with van der Waals surface area (Å²) in [6.07, 6.45) is 3.76. The van der Waals surface area contributed by atoms with Gasteiger partial charge in [-0.3, -0.25) is 0 Å². The van der Waals surface area contributed by atoms with E-state index in [-0.39, 0.29) is 12.6 Å². The molecule has 2 aromatic carbocycles. The van der Waals surface area contributed by atoms with Crippen LogP contribution in [-0.2, 0) is 4.74 Å². The van der Waals surface area contributed by atoms with E-state index in [1.54, 1.807) is 7.11 Å². The van der Waals surface area contributed by atoms with Crippen molar-refractivity contribution >= 4 is 44.5 Å². The molecule has 0 amide bonds. The first-order valence-electron chi connectivity index (χ1n) is 8.50. The maximum Gasteiger partial charge on any atom is 0.348 e. The van der Waals surface area contributed by atoms with E-state index in [0.717, 1.165) is 32.4 Å². The quantitative estimate of drug-likeness (QED) is 0.443. The van der Waals surface area contributed by atoms with Crippen LogP contribution in [0.1, 0.15) is 15.2 Å². The van der Waals surface area contributed by atoms with Gasteiger partial charge in [0.25, 0.3) is 0 Å². The van der Waals surface area contributed by atoms with Gasteiger partial charge in [-0.25, -0.2) is 9.78 Å². The third kappa shape index (κ3) is 3.83. The Labute approximate surface area is 160 Å². The van der Waals surface area contributed by atoms with Gasteiger partial charge in [-0.2, -0.15) is 0 Å². The minimum atomic E-state index is -0.336. The third-order valence-corrected chi connectivity index (χ3v) is 5.16. The van der Waals surface area contributed by atoms with Gasteiger partial charge in [0.2, 0.25) is 0 Å². The molecule has 4 rings (SSSR count). The molecule has 0 bridgehead atoms. The number of methoxy groups -OCH3 is 1. The molecular formula is C22H17NO3S. The SMILES string of the molecule is COc1ccc2cc3cc(C(=O)OCC=Cc4ccccc4)sc3nc2c1. The molecule has 4 nitrogen and oxygen atoms in total. The number of aromatic nitrogens is 1. The molecule has 27 heavy (non-hydrogen) atoms. The maximum atomic E-state index is 12.3. The number of fused-ring (bicyclic) bond motifs is 2. The van der Waals surface area contributed by atoms with Crippen LogP contribution in [-0.4, -0.2) is 24.7 Å². The van der Waals surface area contributed by atoms with E-state index in [4.69, 9.17) is 9.47 Å². The number of rotatable bonds is 5.